The molecule has 3 nitrogen and oxygen atoms in total. The van der Waals surface area contributed by atoms with Crippen LogP contribution < -0.4 is 10.5 Å². The van der Waals surface area contributed by atoms with Gasteiger partial charge in [0.1, 0.15) is 18.1 Å². The largest absolute Gasteiger partial charge is 0.507 e. The number of nitrogens with two attached hydrogens (primary N) is 1. The van der Waals surface area contributed by atoms with Gasteiger partial charge in [0.05, 0.1) is 0 Å². The van der Waals surface area contributed by atoms with Crippen molar-refractivity contribution in [2.24, 2.45) is 5.73 Å². The molecule has 3 N–H and O–H groups in total. The van der Waals surface area contributed by atoms with Gasteiger partial charge in [0.15, 0.2) is 0 Å². The molecule has 2 rings (SSSR count). The first-order valence-corrected chi connectivity index (χ1v) is 7.96. The molecule has 0 bridgehead atoms. The number of rotatable bonds is 8. The molecule has 0 saturated heterocycles. The lowest BCUT2D eigenvalue weighted by Gasteiger charge is -2.15. The molecule has 0 amide bonds. The van der Waals surface area contributed by atoms with Crippen molar-refractivity contribution in [3.63, 3.8) is 0 Å². The summed E-state index contributed by atoms with van der Waals surface area (Å²) in [5, 5.41) is 10.2. The molecule has 118 valence electrons. The summed E-state index contributed by atoms with van der Waals surface area (Å²) in [7, 11) is 0. The van der Waals surface area contributed by atoms with E-state index in [9.17, 15) is 5.11 Å². The highest BCUT2D eigenvalue weighted by atomic mass is 16.5. The van der Waals surface area contributed by atoms with Crippen molar-refractivity contribution < 1.29 is 9.84 Å². The minimum Gasteiger partial charge on any atom is -0.507 e. The molecule has 2 aromatic carbocycles. The first-order valence-electron chi connectivity index (χ1n) is 7.96. The van der Waals surface area contributed by atoms with E-state index in [4.69, 9.17) is 10.5 Å². The van der Waals surface area contributed by atoms with Crippen LogP contribution in [-0.2, 0) is 6.61 Å². The van der Waals surface area contributed by atoms with Gasteiger partial charge in [-0.15, -0.1) is 0 Å². The number of unbranched alkanes of at least 4 members (excludes halogenated alkanes) is 2. The van der Waals surface area contributed by atoms with Gasteiger partial charge in [-0.1, -0.05) is 62.6 Å². The van der Waals surface area contributed by atoms with Crippen LogP contribution in [0.5, 0.6) is 11.5 Å². The number of hydrogen-bond donors (Lipinski definition) is 2. The van der Waals surface area contributed by atoms with Gasteiger partial charge >= 0.3 is 0 Å². The van der Waals surface area contributed by atoms with Crippen molar-refractivity contribution in [3.8, 4) is 11.5 Å². The van der Waals surface area contributed by atoms with E-state index in [2.05, 4.69) is 6.92 Å². The summed E-state index contributed by atoms with van der Waals surface area (Å²) >= 11 is 0. The molecule has 1 atom stereocenters. The number of ether oxygens (including phenoxy) is 1. The van der Waals surface area contributed by atoms with Crippen LogP contribution in [0.3, 0.4) is 0 Å². The van der Waals surface area contributed by atoms with Crippen LogP contribution in [-0.4, -0.2) is 5.11 Å². The smallest absolute Gasteiger partial charge is 0.124 e. The summed E-state index contributed by atoms with van der Waals surface area (Å²) in [6.45, 7) is 2.66. The summed E-state index contributed by atoms with van der Waals surface area (Å²) in [5.41, 5.74) is 8.04. The minimum atomic E-state index is -0.116. The third kappa shape index (κ3) is 4.78. The van der Waals surface area contributed by atoms with E-state index in [-0.39, 0.29) is 11.8 Å². The topological polar surface area (TPSA) is 55.5 Å². The molecule has 0 aliphatic heterocycles. The molecule has 0 fully saturated rings. The zero-order valence-electron chi connectivity index (χ0n) is 13.2. The predicted molar refractivity (Wildman–Crippen MR) is 90.0 cm³/mol. The molecule has 22 heavy (non-hydrogen) atoms. The Kier molecular flexibility index (Phi) is 6.28. The second-order valence-electron chi connectivity index (χ2n) is 5.60. The first-order chi connectivity index (χ1) is 10.7. The van der Waals surface area contributed by atoms with Gasteiger partial charge in [-0.3, -0.25) is 0 Å². The molecule has 0 aliphatic rings. The molecular formula is C19H25NO2. The second-order valence-corrected chi connectivity index (χ2v) is 5.60. The molecule has 0 spiro atoms. The fourth-order valence-electron chi connectivity index (χ4n) is 2.44. The highest BCUT2D eigenvalue weighted by Crippen LogP contribution is 2.30. The number of hydrogen-bond acceptors (Lipinski definition) is 3. The Bertz CT molecular complexity index is 569. The van der Waals surface area contributed by atoms with Crippen LogP contribution in [0.4, 0.5) is 0 Å². The Morgan fingerprint density at radius 3 is 2.55 bits per heavy atom. The average molecular weight is 299 g/mol. The fourth-order valence-corrected chi connectivity index (χ4v) is 2.44. The van der Waals surface area contributed by atoms with E-state index in [1.165, 1.54) is 12.8 Å². The molecule has 0 aliphatic carbocycles. The van der Waals surface area contributed by atoms with Crippen LogP contribution in [0.15, 0.2) is 48.5 Å². The van der Waals surface area contributed by atoms with Gasteiger partial charge in [0.25, 0.3) is 0 Å². The van der Waals surface area contributed by atoms with Crippen molar-refractivity contribution in [1.82, 2.24) is 0 Å². The molecule has 3 heteroatoms. The van der Waals surface area contributed by atoms with Gasteiger partial charge in [-0.2, -0.15) is 0 Å². The molecule has 0 heterocycles. The normalized spacial score (nSPS) is 12.1. The number of aromatic hydroxyl groups is 1. The zero-order valence-corrected chi connectivity index (χ0v) is 13.2. The monoisotopic (exact) mass is 299 g/mol. The standard InChI is InChI=1S/C19H25NO2/c1-2-3-5-10-18(20)17-12-11-16(13-19(17)21)22-14-15-8-6-4-7-9-15/h4,6-9,11-13,18,21H,2-3,5,10,14,20H2,1H3/t18-/m1/s1. The van der Waals surface area contributed by atoms with Crippen molar-refractivity contribution in [3.05, 3.63) is 59.7 Å². The summed E-state index contributed by atoms with van der Waals surface area (Å²) in [6.07, 6.45) is 4.33. The predicted octanol–water partition coefficient (Wildman–Crippen LogP) is 4.55. The SMILES string of the molecule is CCCCC[C@@H](N)c1ccc(OCc2ccccc2)cc1O. The van der Waals surface area contributed by atoms with Crippen LogP contribution >= 0.6 is 0 Å². The zero-order chi connectivity index (χ0) is 15.8. The molecule has 0 aromatic heterocycles. The lowest BCUT2D eigenvalue weighted by Crippen LogP contribution is -2.10. The maximum Gasteiger partial charge on any atom is 0.124 e. The van der Waals surface area contributed by atoms with Crippen molar-refractivity contribution in [1.29, 1.82) is 0 Å². The third-order valence-electron chi connectivity index (χ3n) is 3.77. The molecule has 0 saturated carbocycles. The van der Waals surface area contributed by atoms with Crippen molar-refractivity contribution in [2.75, 3.05) is 0 Å². The van der Waals surface area contributed by atoms with E-state index in [0.29, 0.717) is 12.4 Å². The van der Waals surface area contributed by atoms with E-state index in [0.717, 1.165) is 24.0 Å². The summed E-state index contributed by atoms with van der Waals surface area (Å²) in [5.74, 6) is 0.875. The highest BCUT2D eigenvalue weighted by Gasteiger charge is 2.11. The van der Waals surface area contributed by atoms with E-state index in [1.807, 2.05) is 42.5 Å². The quantitative estimate of drug-likeness (QED) is 0.703. The first kappa shape index (κ1) is 16.4. The van der Waals surface area contributed by atoms with Gasteiger partial charge in [0, 0.05) is 17.7 Å². The van der Waals surface area contributed by atoms with Crippen LogP contribution in [0.1, 0.15) is 49.8 Å². The van der Waals surface area contributed by atoms with Gasteiger partial charge < -0.3 is 15.6 Å². The Morgan fingerprint density at radius 1 is 1.09 bits per heavy atom. The maximum absolute atomic E-state index is 10.2. The second kappa shape index (κ2) is 8.44. The molecule has 0 unspecified atom stereocenters. The molecule has 0 radical (unpaired) electrons. The summed E-state index contributed by atoms with van der Waals surface area (Å²) < 4.78 is 5.71. The third-order valence-corrected chi connectivity index (χ3v) is 3.77. The van der Waals surface area contributed by atoms with Crippen LogP contribution in [0.2, 0.25) is 0 Å². The number of phenolic OH excluding ortho intramolecular Hbond substituents is 1. The van der Waals surface area contributed by atoms with Crippen molar-refractivity contribution in [2.45, 2.75) is 45.3 Å². The Hall–Kier alpha value is -2.00. The van der Waals surface area contributed by atoms with E-state index >= 15 is 0 Å². The average Bonchev–Trinajstić information content (AvgIpc) is 2.54. The highest BCUT2D eigenvalue weighted by molar-refractivity contribution is 5.41. The number of benzene rings is 2. The van der Waals surface area contributed by atoms with Gasteiger partial charge in [0.2, 0.25) is 0 Å². The fraction of sp³-hybridized carbons (Fsp3) is 0.368. The maximum atomic E-state index is 10.2. The Labute approximate surface area is 132 Å². The molecule has 2 aromatic rings. The van der Waals surface area contributed by atoms with Gasteiger partial charge in [-0.05, 0) is 18.1 Å². The van der Waals surface area contributed by atoms with E-state index in [1.54, 1.807) is 6.07 Å². The summed E-state index contributed by atoms with van der Waals surface area (Å²) in [4.78, 5) is 0. The lowest BCUT2D eigenvalue weighted by atomic mass is 10.0. The lowest BCUT2D eigenvalue weighted by molar-refractivity contribution is 0.304. The van der Waals surface area contributed by atoms with E-state index < -0.39 is 0 Å². The minimum absolute atomic E-state index is 0.116. The number of phenols is 1. The van der Waals surface area contributed by atoms with Crippen molar-refractivity contribution >= 4 is 0 Å². The Balaban J connectivity index is 1.94. The van der Waals surface area contributed by atoms with Crippen LogP contribution in [0.25, 0.3) is 0 Å². The summed E-state index contributed by atoms with van der Waals surface area (Å²) in [6, 6.07) is 15.2. The van der Waals surface area contributed by atoms with Crippen LogP contribution in [0, 0.1) is 0 Å². The molecular weight excluding hydrogens is 274 g/mol. The Morgan fingerprint density at radius 2 is 1.86 bits per heavy atom. The van der Waals surface area contributed by atoms with Gasteiger partial charge in [-0.25, -0.2) is 0 Å².